The molecule has 3 aromatic carbocycles. The summed E-state index contributed by atoms with van der Waals surface area (Å²) >= 11 is 0. The van der Waals surface area contributed by atoms with Gasteiger partial charge in [0, 0.05) is 25.1 Å². The Morgan fingerprint density at radius 3 is 2.49 bits per heavy atom. The third-order valence-corrected chi connectivity index (χ3v) is 6.30. The van der Waals surface area contributed by atoms with Crippen LogP contribution in [0.2, 0.25) is 0 Å². The summed E-state index contributed by atoms with van der Waals surface area (Å²) in [4.78, 5) is 17.3. The summed E-state index contributed by atoms with van der Waals surface area (Å²) in [5.74, 6) is 2.06. The number of hydrogen-bond acceptors (Lipinski definition) is 3. The lowest BCUT2D eigenvalue weighted by Gasteiger charge is -2.11. The molecule has 0 fully saturated rings. The SMILES string of the molecule is Cc1ccc(OCCCn2c(CCCCCNC(=O)c3ccccc3C)nc3ccccc32)cc1. The highest BCUT2D eigenvalue weighted by Crippen LogP contribution is 2.19. The number of aromatic nitrogens is 2. The van der Waals surface area contributed by atoms with Gasteiger partial charge in [-0.15, -0.1) is 0 Å². The van der Waals surface area contributed by atoms with Crippen LogP contribution in [-0.4, -0.2) is 28.6 Å². The third-order valence-electron chi connectivity index (χ3n) is 6.30. The summed E-state index contributed by atoms with van der Waals surface area (Å²) < 4.78 is 8.27. The normalized spacial score (nSPS) is 11.0. The second-order valence-corrected chi connectivity index (χ2v) is 9.06. The number of amides is 1. The molecule has 1 N–H and O–H groups in total. The first kappa shape index (κ1) is 24.5. The summed E-state index contributed by atoms with van der Waals surface area (Å²) in [6.07, 6.45) is 4.91. The molecule has 0 bridgehead atoms. The number of carbonyl (C=O) groups excluding carboxylic acids is 1. The van der Waals surface area contributed by atoms with Gasteiger partial charge in [-0.2, -0.15) is 0 Å². The van der Waals surface area contributed by atoms with Crippen LogP contribution < -0.4 is 10.1 Å². The lowest BCUT2D eigenvalue weighted by atomic mass is 10.1. The number of ether oxygens (including phenoxy) is 1. The van der Waals surface area contributed by atoms with E-state index in [1.807, 2.05) is 49.4 Å². The van der Waals surface area contributed by atoms with Gasteiger partial charge in [-0.3, -0.25) is 4.79 Å². The van der Waals surface area contributed by atoms with Crippen LogP contribution in [0, 0.1) is 13.8 Å². The number of para-hydroxylation sites is 2. The Balaban J connectivity index is 1.24. The molecule has 4 rings (SSSR count). The molecule has 1 aromatic heterocycles. The first-order chi connectivity index (χ1) is 17.1. The smallest absolute Gasteiger partial charge is 0.251 e. The van der Waals surface area contributed by atoms with Gasteiger partial charge >= 0.3 is 0 Å². The Kier molecular flexibility index (Phi) is 8.55. The van der Waals surface area contributed by atoms with Crippen molar-refractivity contribution in [2.45, 2.75) is 52.5 Å². The number of nitrogens with zero attached hydrogens (tertiary/aromatic N) is 2. The van der Waals surface area contributed by atoms with Crippen molar-refractivity contribution < 1.29 is 9.53 Å². The summed E-state index contributed by atoms with van der Waals surface area (Å²) in [5, 5.41) is 3.05. The molecule has 4 aromatic rings. The van der Waals surface area contributed by atoms with Crippen molar-refractivity contribution in [3.8, 4) is 5.75 Å². The predicted molar refractivity (Wildman–Crippen MR) is 142 cm³/mol. The molecule has 0 saturated heterocycles. The topological polar surface area (TPSA) is 56.1 Å². The highest BCUT2D eigenvalue weighted by molar-refractivity contribution is 5.95. The molecule has 182 valence electrons. The Labute approximate surface area is 208 Å². The van der Waals surface area contributed by atoms with E-state index in [-0.39, 0.29) is 5.91 Å². The molecule has 0 atom stereocenters. The quantitative estimate of drug-likeness (QED) is 0.249. The average Bonchev–Trinajstić information content (AvgIpc) is 3.22. The van der Waals surface area contributed by atoms with Crippen molar-refractivity contribution in [2.75, 3.05) is 13.2 Å². The van der Waals surface area contributed by atoms with Gasteiger partial charge in [-0.1, -0.05) is 54.4 Å². The van der Waals surface area contributed by atoms with Gasteiger partial charge in [-0.05, 0) is 69.0 Å². The maximum absolute atomic E-state index is 12.4. The lowest BCUT2D eigenvalue weighted by Crippen LogP contribution is -2.25. The number of hydrogen-bond donors (Lipinski definition) is 1. The van der Waals surface area contributed by atoms with E-state index in [1.54, 1.807) is 0 Å². The van der Waals surface area contributed by atoms with Crippen LogP contribution in [0.25, 0.3) is 11.0 Å². The summed E-state index contributed by atoms with van der Waals surface area (Å²) in [7, 11) is 0. The average molecular weight is 470 g/mol. The van der Waals surface area contributed by atoms with Crippen molar-refractivity contribution in [1.29, 1.82) is 0 Å². The Bertz CT molecular complexity index is 1240. The second-order valence-electron chi connectivity index (χ2n) is 9.06. The van der Waals surface area contributed by atoms with Gasteiger partial charge in [0.2, 0.25) is 0 Å². The van der Waals surface area contributed by atoms with Crippen LogP contribution in [0.15, 0.2) is 72.8 Å². The molecule has 0 saturated carbocycles. The number of benzene rings is 3. The monoisotopic (exact) mass is 469 g/mol. The van der Waals surface area contributed by atoms with Crippen LogP contribution in [0.5, 0.6) is 5.75 Å². The molecule has 0 aliphatic carbocycles. The molecule has 5 nitrogen and oxygen atoms in total. The van der Waals surface area contributed by atoms with E-state index in [9.17, 15) is 4.79 Å². The van der Waals surface area contributed by atoms with Crippen LogP contribution in [0.4, 0.5) is 0 Å². The number of rotatable bonds is 12. The third kappa shape index (κ3) is 6.72. The van der Waals surface area contributed by atoms with E-state index in [1.165, 1.54) is 11.1 Å². The fourth-order valence-electron chi connectivity index (χ4n) is 4.32. The molecule has 1 heterocycles. The summed E-state index contributed by atoms with van der Waals surface area (Å²) in [6, 6.07) is 24.2. The highest BCUT2D eigenvalue weighted by atomic mass is 16.5. The number of unbranched alkanes of at least 4 members (excludes halogenated alkanes) is 2. The molecule has 0 radical (unpaired) electrons. The molecule has 1 amide bonds. The van der Waals surface area contributed by atoms with E-state index >= 15 is 0 Å². The first-order valence-electron chi connectivity index (χ1n) is 12.6. The maximum atomic E-state index is 12.4. The molecular weight excluding hydrogens is 434 g/mol. The van der Waals surface area contributed by atoms with Crippen LogP contribution >= 0.6 is 0 Å². The van der Waals surface area contributed by atoms with Crippen molar-refractivity contribution >= 4 is 16.9 Å². The first-order valence-corrected chi connectivity index (χ1v) is 12.6. The van der Waals surface area contributed by atoms with Crippen LogP contribution in [0.1, 0.15) is 53.0 Å². The lowest BCUT2D eigenvalue weighted by molar-refractivity contribution is 0.0952. The highest BCUT2D eigenvalue weighted by Gasteiger charge is 2.11. The summed E-state index contributed by atoms with van der Waals surface area (Å²) in [6.45, 7) is 6.30. The molecule has 0 spiro atoms. The van der Waals surface area contributed by atoms with Crippen molar-refractivity contribution in [2.24, 2.45) is 0 Å². The van der Waals surface area contributed by atoms with Crippen molar-refractivity contribution in [1.82, 2.24) is 14.9 Å². The van der Waals surface area contributed by atoms with Gasteiger partial charge < -0.3 is 14.6 Å². The zero-order chi connectivity index (χ0) is 24.5. The Morgan fingerprint density at radius 2 is 1.66 bits per heavy atom. The Hall–Kier alpha value is -3.60. The molecule has 0 aliphatic rings. The number of imidazole rings is 1. The fraction of sp³-hybridized carbons (Fsp3) is 0.333. The molecule has 5 heteroatoms. The molecule has 35 heavy (non-hydrogen) atoms. The minimum Gasteiger partial charge on any atom is -0.494 e. The van der Waals surface area contributed by atoms with Gasteiger partial charge in [0.1, 0.15) is 11.6 Å². The van der Waals surface area contributed by atoms with Crippen molar-refractivity contribution in [3.63, 3.8) is 0 Å². The fourth-order valence-corrected chi connectivity index (χ4v) is 4.32. The Morgan fingerprint density at radius 1 is 0.886 bits per heavy atom. The van der Waals surface area contributed by atoms with Gasteiger partial charge in [0.15, 0.2) is 0 Å². The second kappa shape index (κ2) is 12.2. The minimum absolute atomic E-state index is 0.0118. The number of carbonyl (C=O) groups is 1. The standard InChI is InChI=1S/C30H35N3O2/c1-23-16-18-25(19-17-23)35-22-10-21-33-28-14-8-7-13-27(28)32-29(33)15-4-3-9-20-31-30(34)26-12-6-5-11-24(26)2/h5-8,11-14,16-19H,3-4,9-10,15,20-22H2,1-2H3,(H,31,34). The van der Waals surface area contributed by atoms with Gasteiger partial charge in [-0.25, -0.2) is 4.98 Å². The molecule has 0 aliphatic heterocycles. The molecule has 0 unspecified atom stereocenters. The van der Waals surface area contributed by atoms with E-state index < -0.39 is 0 Å². The van der Waals surface area contributed by atoms with Gasteiger partial charge in [0.05, 0.1) is 17.6 Å². The van der Waals surface area contributed by atoms with E-state index in [0.717, 1.165) is 66.9 Å². The van der Waals surface area contributed by atoms with E-state index in [4.69, 9.17) is 9.72 Å². The minimum atomic E-state index is 0.0118. The zero-order valence-corrected chi connectivity index (χ0v) is 20.8. The number of fused-ring (bicyclic) bond motifs is 1. The number of nitrogens with one attached hydrogen (secondary N) is 1. The molecular formula is C30H35N3O2. The summed E-state index contributed by atoms with van der Waals surface area (Å²) in [5.41, 5.74) is 5.23. The van der Waals surface area contributed by atoms with Gasteiger partial charge in [0.25, 0.3) is 5.91 Å². The van der Waals surface area contributed by atoms with E-state index in [0.29, 0.717) is 13.2 Å². The zero-order valence-electron chi connectivity index (χ0n) is 20.8. The van der Waals surface area contributed by atoms with Crippen molar-refractivity contribution in [3.05, 3.63) is 95.3 Å². The number of aryl methyl sites for hydroxylation is 4. The predicted octanol–water partition coefficient (Wildman–Crippen LogP) is 6.27. The maximum Gasteiger partial charge on any atom is 0.251 e. The van der Waals surface area contributed by atoms with Crippen LogP contribution in [0.3, 0.4) is 0 Å². The largest absolute Gasteiger partial charge is 0.494 e. The van der Waals surface area contributed by atoms with Crippen LogP contribution in [-0.2, 0) is 13.0 Å². The van der Waals surface area contributed by atoms with E-state index in [2.05, 4.69) is 47.1 Å².